The molecule has 1 aromatic heterocycles. The summed E-state index contributed by atoms with van der Waals surface area (Å²) in [6.45, 7) is 4.04. The van der Waals surface area contributed by atoms with Gasteiger partial charge in [-0.25, -0.2) is 0 Å². The summed E-state index contributed by atoms with van der Waals surface area (Å²) in [5.74, 6) is 0.281. The van der Waals surface area contributed by atoms with E-state index in [1.165, 1.54) is 4.68 Å². The van der Waals surface area contributed by atoms with Crippen LogP contribution in [0.1, 0.15) is 25.5 Å². The van der Waals surface area contributed by atoms with Gasteiger partial charge in [0.05, 0.1) is 5.69 Å². The Morgan fingerprint density at radius 1 is 1.25 bits per heavy atom. The van der Waals surface area contributed by atoms with Crippen LogP contribution in [0.25, 0.3) is 0 Å². The number of nitrogens with zero attached hydrogens (tertiary/aromatic N) is 2. The predicted octanol–water partition coefficient (Wildman–Crippen LogP) is 0.429. The first-order valence-corrected chi connectivity index (χ1v) is 3.98. The van der Waals surface area contributed by atoms with E-state index in [4.69, 9.17) is 5.73 Å². The van der Waals surface area contributed by atoms with Crippen molar-refractivity contribution in [3.63, 3.8) is 0 Å². The van der Waals surface area contributed by atoms with E-state index in [1.54, 1.807) is 11.7 Å². The molecule has 0 radical (unpaired) electrons. The average molecular weight is 169 g/mol. The summed E-state index contributed by atoms with van der Waals surface area (Å²) in [7, 11) is 3.55. The molecule has 1 aromatic rings. The Labute approximate surface area is 71.6 Å². The fourth-order valence-electron chi connectivity index (χ4n) is 1.44. The van der Waals surface area contributed by atoms with Crippen LogP contribution in [-0.4, -0.2) is 9.36 Å². The maximum Gasteiger partial charge on any atom is 0.289 e. The monoisotopic (exact) mass is 169 g/mol. The number of hydrogen-bond acceptors (Lipinski definition) is 2. The first-order valence-electron chi connectivity index (χ1n) is 3.98. The molecule has 4 nitrogen and oxygen atoms in total. The number of aromatic nitrogens is 2. The van der Waals surface area contributed by atoms with Gasteiger partial charge in [-0.3, -0.25) is 14.2 Å². The van der Waals surface area contributed by atoms with Crippen LogP contribution in [0.4, 0.5) is 5.69 Å². The molecule has 12 heavy (non-hydrogen) atoms. The third kappa shape index (κ3) is 1.03. The summed E-state index contributed by atoms with van der Waals surface area (Å²) < 4.78 is 3.31. The third-order valence-electron chi connectivity index (χ3n) is 2.15. The minimum atomic E-state index is -0.110. The van der Waals surface area contributed by atoms with Gasteiger partial charge in [0, 0.05) is 14.1 Å². The molecule has 1 rings (SSSR count). The van der Waals surface area contributed by atoms with Crippen molar-refractivity contribution < 1.29 is 0 Å². The number of hydrogen-bond donors (Lipinski definition) is 1. The zero-order valence-electron chi connectivity index (χ0n) is 7.96. The molecule has 2 N–H and O–H groups in total. The first kappa shape index (κ1) is 8.90. The smallest absolute Gasteiger partial charge is 0.289 e. The highest BCUT2D eigenvalue weighted by Gasteiger charge is 2.14. The summed E-state index contributed by atoms with van der Waals surface area (Å²) in [6, 6.07) is 0. The molecule has 0 amide bonds. The molecule has 1 heterocycles. The molecule has 0 saturated carbocycles. The van der Waals surface area contributed by atoms with E-state index in [0.717, 1.165) is 5.69 Å². The summed E-state index contributed by atoms with van der Waals surface area (Å²) in [5, 5.41) is 0. The second kappa shape index (κ2) is 2.69. The fourth-order valence-corrected chi connectivity index (χ4v) is 1.44. The third-order valence-corrected chi connectivity index (χ3v) is 2.15. The normalized spacial score (nSPS) is 11.1. The van der Waals surface area contributed by atoms with Crippen LogP contribution in [-0.2, 0) is 14.1 Å². The highest BCUT2D eigenvalue weighted by molar-refractivity contribution is 5.43. The Balaban J connectivity index is 3.49. The van der Waals surface area contributed by atoms with Crippen molar-refractivity contribution >= 4 is 5.69 Å². The molecule has 0 aromatic carbocycles. The Morgan fingerprint density at radius 2 is 1.75 bits per heavy atom. The van der Waals surface area contributed by atoms with E-state index in [2.05, 4.69) is 0 Å². The van der Waals surface area contributed by atoms with E-state index < -0.39 is 0 Å². The van der Waals surface area contributed by atoms with Gasteiger partial charge < -0.3 is 5.73 Å². The van der Waals surface area contributed by atoms with Crippen LogP contribution in [0.3, 0.4) is 0 Å². The van der Waals surface area contributed by atoms with Crippen LogP contribution < -0.4 is 11.3 Å². The lowest BCUT2D eigenvalue weighted by atomic mass is 10.1. The molecule has 0 aliphatic rings. The van der Waals surface area contributed by atoms with Crippen molar-refractivity contribution in [2.45, 2.75) is 19.8 Å². The van der Waals surface area contributed by atoms with Gasteiger partial charge in [-0.1, -0.05) is 13.8 Å². The Hall–Kier alpha value is -1.19. The Kier molecular flexibility index (Phi) is 2.00. The zero-order chi connectivity index (χ0) is 9.46. The molecular formula is C8H15N3O. The van der Waals surface area contributed by atoms with Gasteiger partial charge in [0.15, 0.2) is 0 Å². The molecule has 0 saturated heterocycles. The Morgan fingerprint density at radius 3 is 1.92 bits per heavy atom. The van der Waals surface area contributed by atoms with Crippen molar-refractivity contribution in [3.8, 4) is 0 Å². The maximum absolute atomic E-state index is 11.3. The minimum Gasteiger partial charge on any atom is -0.393 e. The van der Waals surface area contributed by atoms with Gasteiger partial charge >= 0.3 is 0 Å². The number of anilines is 1. The highest BCUT2D eigenvalue weighted by Crippen LogP contribution is 2.17. The lowest BCUT2D eigenvalue weighted by Gasteiger charge is -2.08. The maximum atomic E-state index is 11.3. The van der Waals surface area contributed by atoms with Crippen LogP contribution >= 0.6 is 0 Å². The number of rotatable bonds is 1. The summed E-state index contributed by atoms with van der Waals surface area (Å²) in [6.07, 6.45) is 0. The van der Waals surface area contributed by atoms with Crippen molar-refractivity contribution in [1.82, 2.24) is 9.36 Å². The van der Waals surface area contributed by atoms with Gasteiger partial charge in [-0.15, -0.1) is 0 Å². The molecule has 0 atom stereocenters. The second-order valence-electron chi connectivity index (χ2n) is 3.31. The van der Waals surface area contributed by atoms with Crippen LogP contribution in [0, 0.1) is 0 Å². The summed E-state index contributed by atoms with van der Waals surface area (Å²) in [4.78, 5) is 11.3. The van der Waals surface area contributed by atoms with Gasteiger partial charge in [0.25, 0.3) is 5.56 Å². The van der Waals surface area contributed by atoms with Gasteiger partial charge in [-0.2, -0.15) is 0 Å². The molecule has 0 unspecified atom stereocenters. The lowest BCUT2D eigenvalue weighted by molar-refractivity contribution is 0.543. The molecule has 0 aliphatic carbocycles. The predicted molar refractivity (Wildman–Crippen MR) is 49.2 cm³/mol. The first-order chi connectivity index (χ1) is 5.46. The summed E-state index contributed by atoms with van der Waals surface area (Å²) >= 11 is 0. The highest BCUT2D eigenvalue weighted by atomic mass is 16.1. The van der Waals surface area contributed by atoms with Crippen molar-refractivity contribution in [3.05, 3.63) is 16.0 Å². The van der Waals surface area contributed by atoms with E-state index in [-0.39, 0.29) is 11.5 Å². The van der Waals surface area contributed by atoms with Crippen LogP contribution in [0.2, 0.25) is 0 Å². The van der Waals surface area contributed by atoms with Crippen LogP contribution in [0.5, 0.6) is 0 Å². The fraction of sp³-hybridized carbons (Fsp3) is 0.625. The molecule has 0 aliphatic heterocycles. The largest absolute Gasteiger partial charge is 0.393 e. The standard InChI is InChI=1S/C8H15N3O/c1-5(2)7-6(9)8(12)11(4)10(7)3/h5H,9H2,1-4H3. The Bertz CT molecular complexity index is 346. The topological polar surface area (TPSA) is 53.0 Å². The van der Waals surface area contributed by atoms with E-state index in [0.29, 0.717) is 5.69 Å². The zero-order valence-corrected chi connectivity index (χ0v) is 7.96. The average Bonchev–Trinajstić information content (AvgIpc) is 2.16. The summed E-state index contributed by atoms with van der Waals surface area (Å²) in [5.41, 5.74) is 6.82. The van der Waals surface area contributed by atoms with Crippen molar-refractivity contribution in [2.75, 3.05) is 5.73 Å². The van der Waals surface area contributed by atoms with Crippen molar-refractivity contribution in [1.29, 1.82) is 0 Å². The molecule has 0 bridgehead atoms. The molecular weight excluding hydrogens is 154 g/mol. The SMILES string of the molecule is CC(C)c1c(N)c(=O)n(C)n1C. The van der Waals surface area contributed by atoms with Gasteiger partial charge in [0.2, 0.25) is 0 Å². The van der Waals surface area contributed by atoms with E-state index in [1.807, 2.05) is 20.9 Å². The quantitative estimate of drug-likeness (QED) is 0.662. The lowest BCUT2D eigenvalue weighted by Crippen LogP contribution is -2.18. The molecule has 68 valence electrons. The van der Waals surface area contributed by atoms with E-state index in [9.17, 15) is 4.79 Å². The van der Waals surface area contributed by atoms with Gasteiger partial charge in [-0.05, 0) is 5.92 Å². The molecule has 0 fully saturated rings. The molecule has 0 spiro atoms. The number of nitrogens with two attached hydrogens (primary N) is 1. The van der Waals surface area contributed by atoms with Crippen molar-refractivity contribution in [2.24, 2.45) is 14.1 Å². The number of nitrogen functional groups attached to an aromatic ring is 1. The van der Waals surface area contributed by atoms with Crippen LogP contribution in [0.15, 0.2) is 4.79 Å². The van der Waals surface area contributed by atoms with E-state index >= 15 is 0 Å². The van der Waals surface area contributed by atoms with Gasteiger partial charge in [0.1, 0.15) is 5.69 Å². The second-order valence-corrected chi connectivity index (χ2v) is 3.31. The minimum absolute atomic E-state index is 0.110. The molecule has 4 heteroatoms.